The number of aliphatic hydroxyl groups excluding tert-OH is 1. The molecule has 6 heteroatoms. The van der Waals surface area contributed by atoms with Crippen LogP contribution in [0.4, 0.5) is 0 Å². The van der Waals surface area contributed by atoms with Gasteiger partial charge in [-0.2, -0.15) is 12.6 Å². The second-order valence-electron chi connectivity index (χ2n) is 3.79. The first-order chi connectivity index (χ1) is 7.44. The van der Waals surface area contributed by atoms with Crippen LogP contribution in [0.15, 0.2) is 11.1 Å². The van der Waals surface area contributed by atoms with E-state index in [4.69, 9.17) is 4.74 Å². The molecule has 92 valence electrons. The second-order valence-corrected chi connectivity index (χ2v) is 5.66. The number of carbonyl (C=O) groups excluding carboxylic acids is 1. The van der Waals surface area contributed by atoms with Crippen molar-refractivity contribution in [1.29, 1.82) is 0 Å². The van der Waals surface area contributed by atoms with Crippen molar-refractivity contribution in [2.24, 2.45) is 0 Å². The van der Waals surface area contributed by atoms with Crippen LogP contribution in [0, 0.1) is 0 Å². The van der Waals surface area contributed by atoms with Gasteiger partial charge in [0.15, 0.2) is 0 Å². The van der Waals surface area contributed by atoms with Crippen LogP contribution in [-0.4, -0.2) is 46.4 Å². The summed E-state index contributed by atoms with van der Waals surface area (Å²) in [5.74, 6) is 0.149. The van der Waals surface area contributed by atoms with Crippen LogP contribution in [0.25, 0.3) is 0 Å². The number of hydrogen-bond donors (Lipinski definition) is 2. The number of esters is 1. The van der Waals surface area contributed by atoms with Gasteiger partial charge >= 0.3 is 5.97 Å². The molecule has 1 saturated heterocycles. The Hall–Kier alpha value is -0.330. The molecular weight excluding hydrogens is 246 g/mol. The lowest BCUT2D eigenvalue weighted by molar-refractivity contribution is -0.137. The molecule has 0 bridgehead atoms. The Morgan fingerprint density at radius 3 is 2.88 bits per heavy atom. The minimum atomic E-state index is -0.643. The molecule has 1 rings (SSSR count). The van der Waals surface area contributed by atoms with Crippen LogP contribution in [0.5, 0.6) is 0 Å². The van der Waals surface area contributed by atoms with Crippen molar-refractivity contribution < 1.29 is 14.6 Å². The van der Waals surface area contributed by atoms with Crippen molar-refractivity contribution in [2.75, 3.05) is 19.4 Å². The van der Waals surface area contributed by atoms with Gasteiger partial charge in [-0.3, -0.25) is 0 Å². The lowest BCUT2D eigenvalue weighted by atomic mass is 10.1. The largest absolute Gasteiger partial charge is 0.463 e. The predicted molar refractivity (Wildman–Crippen MR) is 68.3 cm³/mol. The van der Waals surface area contributed by atoms with Crippen molar-refractivity contribution in [3.8, 4) is 0 Å². The van der Waals surface area contributed by atoms with Crippen LogP contribution in [-0.2, 0) is 9.53 Å². The van der Waals surface area contributed by atoms with E-state index in [0.717, 1.165) is 0 Å². The first-order valence-electron chi connectivity index (χ1n) is 5.04. The number of thiol groups is 1. The van der Waals surface area contributed by atoms with E-state index in [2.05, 4.69) is 12.6 Å². The minimum Gasteiger partial charge on any atom is -0.463 e. The molecule has 2 atom stereocenters. The van der Waals surface area contributed by atoms with Gasteiger partial charge in [-0.1, -0.05) is 11.8 Å². The Morgan fingerprint density at radius 1 is 1.81 bits per heavy atom. The first kappa shape index (κ1) is 13.7. The Morgan fingerprint density at radius 2 is 2.44 bits per heavy atom. The van der Waals surface area contributed by atoms with Crippen LogP contribution in [0.3, 0.4) is 0 Å². The number of rotatable bonds is 3. The van der Waals surface area contributed by atoms with Crippen molar-refractivity contribution in [3.63, 3.8) is 0 Å². The lowest BCUT2D eigenvalue weighted by Gasteiger charge is -2.26. The highest BCUT2D eigenvalue weighted by atomic mass is 32.2. The molecule has 1 aliphatic rings. The Kier molecular flexibility index (Phi) is 4.58. The van der Waals surface area contributed by atoms with Gasteiger partial charge in [-0.15, -0.1) is 0 Å². The highest BCUT2D eigenvalue weighted by molar-refractivity contribution is 8.05. The molecule has 0 spiro atoms. The van der Waals surface area contributed by atoms with Gasteiger partial charge in [0.1, 0.15) is 6.23 Å². The average Bonchev–Trinajstić information content (AvgIpc) is 2.45. The maximum atomic E-state index is 11.3. The zero-order chi connectivity index (χ0) is 12.3. The summed E-state index contributed by atoms with van der Waals surface area (Å²) < 4.78 is 4.44. The van der Waals surface area contributed by atoms with Crippen molar-refractivity contribution in [2.45, 2.75) is 24.8 Å². The molecule has 1 aliphatic heterocycles. The molecule has 1 heterocycles. The summed E-state index contributed by atoms with van der Waals surface area (Å²) in [5, 5.41) is 10.7. The number of ether oxygens (including phenoxy) is 1. The van der Waals surface area contributed by atoms with Crippen LogP contribution >= 0.6 is 24.4 Å². The maximum absolute atomic E-state index is 11.3. The molecule has 0 saturated carbocycles. The fourth-order valence-electron chi connectivity index (χ4n) is 1.42. The van der Waals surface area contributed by atoms with E-state index in [9.17, 15) is 9.90 Å². The highest BCUT2D eigenvalue weighted by Crippen LogP contribution is 2.45. The number of nitrogens with zero attached hydrogens (tertiary/aromatic N) is 1. The van der Waals surface area contributed by atoms with Crippen molar-refractivity contribution in [1.82, 2.24) is 4.90 Å². The maximum Gasteiger partial charge on any atom is 0.333 e. The molecule has 0 aliphatic carbocycles. The van der Waals surface area contributed by atoms with Gasteiger partial charge in [0.05, 0.1) is 22.5 Å². The van der Waals surface area contributed by atoms with Gasteiger partial charge in [0, 0.05) is 12.8 Å². The summed E-state index contributed by atoms with van der Waals surface area (Å²) in [5.41, 5.74) is 0. The Labute approximate surface area is 105 Å². The topological polar surface area (TPSA) is 49.8 Å². The summed E-state index contributed by atoms with van der Waals surface area (Å²) in [4.78, 5) is 13.0. The van der Waals surface area contributed by atoms with E-state index in [-0.39, 0.29) is 5.97 Å². The first-order valence-corrected chi connectivity index (χ1v) is 6.48. The molecular formula is C10H17NO3S2. The van der Waals surface area contributed by atoms with Crippen LogP contribution in [0.1, 0.15) is 13.8 Å². The van der Waals surface area contributed by atoms with Crippen LogP contribution < -0.4 is 0 Å². The van der Waals surface area contributed by atoms with Crippen LogP contribution in [0.2, 0.25) is 0 Å². The standard InChI is InChI=1S/C10H17NO3S2/c1-4-14-8(12)5-7-11(3)9(13)10(2,6-15)16-7/h5,9,13,15H,4,6H2,1-3H3/b7-5-. The summed E-state index contributed by atoms with van der Waals surface area (Å²) in [6, 6.07) is 0. The number of aliphatic hydroxyl groups is 1. The average molecular weight is 263 g/mol. The minimum absolute atomic E-state index is 0.351. The quantitative estimate of drug-likeness (QED) is 0.453. The molecule has 0 aromatic carbocycles. The molecule has 0 radical (unpaired) electrons. The second kappa shape index (κ2) is 5.33. The van der Waals surface area contributed by atoms with E-state index >= 15 is 0 Å². The van der Waals surface area contributed by atoms with Gasteiger partial charge < -0.3 is 14.7 Å². The van der Waals surface area contributed by atoms with Crippen molar-refractivity contribution in [3.05, 3.63) is 11.1 Å². The van der Waals surface area contributed by atoms with Gasteiger partial charge in [0.25, 0.3) is 0 Å². The Bertz CT molecular complexity index is 308. The highest BCUT2D eigenvalue weighted by Gasteiger charge is 2.44. The molecule has 1 fully saturated rings. The zero-order valence-electron chi connectivity index (χ0n) is 9.64. The predicted octanol–water partition coefficient (Wildman–Crippen LogP) is 1.08. The number of carbonyl (C=O) groups is 1. The zero-order valence-corrected chi connectivity index (χ0v) is 11.3. The van der Waals surface area contributed by atoms with E-state index in [1.165, 1.54) is 17.8 Å². The molecule has 16 heavy (non-hydrogen) atoms. The SMILES string of the molecule is CCOC(=O)/C=C1\SC(C)(CS)C(O)N1C. The summed E-state index contributed by atoms with van der Waals surface area (Å²) in [6.07, 6.45) is 0.766. The van der Waals surface area contributed by atoms with E-state index < -0.39 is 11.0 Å². The smallest absolute Gasteiger partial charge is 0.333 e. The molecule has 4 nitrogen and oxygen atoms in total. The number of hydrogen-bond acceptors (Lipinski definition) is 6. The molecule has 1 N–H and O–H groups in total. The van der Waals surface area contributed by atoms with Crippen molar-refractivity contribution >= 4 is 30.4 Å². The third kappa shape index (κ3) is 2.67. The van der Waals surface area contributed by atoms with E-state index in [0.29, 0.717) is 17.4 Å². The third-order valence-electron chi connectivity index (χ3n) is 2.44. The lowest BCUT2D eigenvalue weighted by Crippen LogP contribution is -2.40. The normalized spacial score (nSPS) is 32.2. The number of thioether (sulfide) groups is 1. The summed E-state index contributed by atoms with van der Waals surface area (Å²) >= 11 is 5.67. The fraction of sp³-hybridized carbons (Fsp3) is 0.700. The van der Waals surface area contributed by atoms with Gasteiger partial charge in [-0.05, 0) is 13.8 Å². The molecule has 0 aromatic rings. The summed E-state index contributed by atoms with van der Waals surface area (Å²) in [6.45, 7) is 4.02. The van der Waals surface area contributed by atoms with E-state index in [1.54, 1.807) is 18.9 Å². The molecule has 0 aromatic heterocycles. The monoisotopic (exact) mass is 263 g/mol. The fourth-order valence-corrected chi connectivity index (χ4v) is 2.99. The molecule has 0 amide bonds. The van der Waals surface area contributed by atoms with E-state index in [1.807, 2.05) is 6.92 Å². The molecule has 2 unspecified atom stereocenters. The Balaban J connectivity index is 2.82. The van der Waals surface area contributed by atoms with Gasteiger partial charge in [-0.25, -0.2) is 4.79 Å². The summed E-state index contributed by atoms with van der Waals surface area (Å²) in [7, 11) is 1.75. The third-order valence-corrected chi connectivity index (χ3v) is 4.75. The van der Waals surface area contributed by atoms with Gasteiger partial charge in [0.2, 0.25) is 0 Å².